The number of allylic oxidation sites excluding steroid dienone is 6. The molecule has 0 aromatic carbocycles. The zero-order valence-corrected chi connectivity index (χ0v) is 38.2. The fourth-order valence-electron chi connectivity index (χ4n) is 7.78. The number of unbranched alkanes of at least 4 members (excludes halogenated alkanes) is 32. The largest absolute Gasteiger partial charge is 0.394 e. The summed E-state index contributed by atoms with van der Waals surface area (Å²) in [5, 5.41) is 33.6. The van der Waals surface area contributed by atoms with Crippen molar-refractivity contribution in [2.45, 2.75) is 283 Å². The van der Waals surface area contributed by atoms with Crippen molar-refractivity contribution in [1.82, 2.24) is 5.32 Å². The lowest BCUT2D eigenvalue weighted by atomic mass is 10.0. The van der Waals surface area contributed by atoms with E-state index in [1.165, 1.54) is 193 Å². The lowest BCUT2D eigenvalue weighted by Crippen LogP contribution is -2.50. The monoisotopic (exact) mass is 802 g/mol. The number of hydrogen-bond acceptors (Lipinski definition) is 4. The summed E-state index contributed by atoms with van der Waals surface area (Å²) in [6, 6.07) is -0.827. The molecule has 0 heterocycles. The van der Waals surface area contributed by atoms with Crippen LogP contribution in [0.25, 0.3) is 0 Å². The molecule has 0 rings (SSSR count). The van der Waals surface area contributed by atoms with Crippen LogP contribution in [-0.2, 0) is 4.79 Å². The second-order valence-corrected chi connectivity index (χ2v) is 17.4. The first-order valence-corrected chi connectivity index (χ1v) is 25.3. The van der Waals surface area contributed by atoms with Gasteiger partial charge in [0.15, 0.2) is 0 Å². The minimum absolute atomic E-state index is 0.155. The topological polar surface area (TPSA) is 89.8 Å². The van der Waals surface area contributed by atoms with Gasteiger partial charge in [0.25, 0.3) is 0 Å². The summed E-state index contributed by atoms with van der Waals surface area (Å²) in [6.07, 6.45) is 59.9. The number of carbonyl (C=O) groups is 1. The van der Waals surface area contributed by atoms with Gasteiger partial charge >= 0.3 is 0 Å². The van der Waals surface area contributed by atoms with Crippen molar-refractivity contribution in [3.8, 4) is 0 Å². The van der Waals surface area contributed by atoms with Crippen LogP contribution >= 0.6 is 0 Å². The zero-order chi connectivity index (χ0) is 41.5. The predicted octanol–water partition coefficient (Wildman–Crippen LogP) is 15.1. The molecule has 57 heavy (non-hydrogen) atoms. The first kappa shape index (κ1) is 55.6. The molecule has 0 radical (unpaired) electrons. The molecule has 4 N–H and O–H groups in total. The molecule has 3 atom stereocenters. The van der Waals surface area contributed by atoms with Crippen molar-refractivity contribution in [3.05, 3.63) is 36.5 Å². The van der Waals surface area contributed by atoms with Crippen LogP contribution < -0.4 is 5.32 Å². The van der Waals surface area contributed by atoms with Gasteiger partial charge in [-0.3, -0.25) is 4.79 Å². The van der Waals surface area contributed by atoms with Gasteiger partial charge in [-0.25, -0.2) is 0 Å². The third kappa shape index (κ3) is 42.5. The summed E-state index contributed by atoms with van der Waals surface area (Å²) in [7, 11) is 0. The van der Waals surface area contributed by atoms with Gasteiger partial charge in [-0.05, 0) is 70.6 Å². The van der Waals surface area contributed by atoms with E-state index in [2.05, 4.69) is 55.6 Å². The standard InChI is InChI=1S/C52H99NO4/c1-3-5-7-9-11-13-15-17-19-21-22-23-24-25-26-27-28-29-30-31-33-35-37-39-41-43-45-47-51(56)53-49(48-54)52(57)50(55)46-44-42-40-38-36-34-32-20-18-16-14-12-10-8-6-4-2/h22-23,25-26,38,40,49-50,52,54-55,57H,3-21,24,27-37,39,41-48H2,1-2H3,(H,53,56)/b23-22-,26-25-,40-38+. The van der Waals surface area contributed by atoms with Crippen molar-refractivity contribution >= 4 is 5.91 Å². The van der Waals surface area contributed by atoms with Gasteiger partial charge in [0, 0.05) is 6.42 Å². The lowest BCUT2D eigenvalue weighted by molar-refractivity contribution is -0.124. The highest BCUT2D eigenvalue weighted by molar-refractivity contribution is 5.76. The van der Waals surface area contributed by atoms with E-state index in [1.54, 1.807) is 0 Å². The molecule has 0 aliphatic rings. The van der Waals surface area contributed by atoms with Crippen LogP contribution in [0.4, 0.5) is 0 Å². The summed E-state index contributed by atoms with van der Waals surface area (Å²) in [4.78, 5) is 12.5. The first-order valence-electron chi connectivity index (χ1n) is 25.3. The second-order valence-electron chi connectivity index (χ2n) is 17.4. The Bertz CT molecular complexity index is 885. The number of carbonyl (C=O) groups excluding carboxylic acids is 1. The van der Waals surface area contributed by atoms with Gasteiger partial charge in [0.05, 0.1) is 18.8 Å². The minimum atomic E-state index is -1.16. The Labute approximate surface area is 355 Å². The Morgan fingerprint density at radius 2 is 0.754 bits per heavy atom. The third-order valence-corrected chi connectivity index (χ3v) is 11.7. The Kier molecular flexibility index (Phi) is 46.1. The van der Waals surface area contributed by atoms with Crippen molar-refractivity contribution in [2.75, 3.05) is 6.61 Å². The average molecular weight is 802 g/mol. The predicted molar refractivity (Wildman–Crippen MR) is 250 cm³/mol. The molecule has 0 saturated carbocycles. The summed E-state index contributed by atoms with van der Waals surface area (Å²) < 4.78 is 0. The quantitative estimate of drug-likeness (QED) is 0.0365. The molecule has 0 aliphatic carbocycles. The number of hydrogen-bond donors (Lipinski definition) is 4. The van der Waals surface area contributed by atoms with Crippen LogP contribution in [0, 0.1) is 0 Å². The SMILES string of the molecule is CCCCCCCCCCC/C=C\C/C=C\CCCCCCCCCCCCCC(=O)NC(CO)C(O)C(O)CCC/C=C/CCCCCCCCCCCCC. The number of nitrogens with one attached hydrogen (secondary N) is 1. The van der Waals surface area contributed by atoms with E-state index < -0.39 is 18.2 Å². The summed E-state index contributed by atoms with van der Waals surface area (Å²) in [6.45, 7) is 4.18. The molecular formula is C52H99NO4. The van der Waals surface area contributed by atoms with E-state index in [-0.39, 0.29) is 12.5 Å². The fraction of sp³-hybridized carbons (Fsp3) is 0.865. The van der Waals surface area contributed by atoms with Crippen molar-refractivity contribution < 1.29 is 20.1 Å². The molecule has 0 fully saturated rings. The highest BCUT2D eigenvalue weighted by Crippen LogP contribution is 2.16. The Hall–Kier alpha value is -1.43. The van der Waals surface area contributed by atoms with Crippen LogP contribution in [0.3, 0.4) is 0 Å². The number of aliphatic hydroxyl groups excluding tert-OH is 3. The van der Waals surface area contributed by atoms with Gasteiger partial charge in [0.1, 0.15) is 6.10 Å². The molecule has 0 aromatic rings. The maximum atomic E-state index is 12.5. The average Bonchev–Trinajstić information content (AvgIpc) is 3.22. The summed E-state index contributed by atoms with van der Waals surface area (Å²) >= 11 is 0. The third-order valence-electron chi connectivity index (χ3n) is 11.7. The van der Waals surface area contributed by atoms with Crippen LogP contribution in [0.1, 0.15) is 264 Å². The van der Waals surface area contributed by atoms with Gasteiger partial charge in [-0.15, -0.1) is 0 Å². The lowest BCUT2D eigenvalue weighted by Gasteiger charge is -2.26. The maximum absolute atomic E-state index is 12.5. The van der Waals surface area contributed by atoms with Crippen LogP contribution in [-0.4, -0.2) is 46.1 Å². The number of rotatable bonds is 46. The molecule has 5 nitrogen and oxygen atoms in total. The van der Waals surface area contributed by atoms with Gasteiger partial charge < -0.3 is 20.6 Å². The molecular weight excluding hydrogens is 703 g/mol. The van der Waals surface area contributed by atoms with Crippen LogP contribution in [0.2, 0.25) is 0 Å². The highest BCUT2D eigenvalue weighted by atomic mass is 16.3. The molecule has 1 amide bonds. The van der Waals surface area contributed by atoms with Crippen molar-refractivity contribution in [3.63, 3.8) is 0 Å². The Morgan fingerprint density at radius 1 is 0.439 bits per heavy atom. The zero-order valence-electron chi connectivity index (χ0n) is 38.2. The Balaban J connectivity index is 3.60. The molecule has 0 bridgehead atoms. The maximum Gasteiger partial charge on any atom is 0.220 e. The number of amides is 1. The highest BCUT2D eigenvalue weighted by Gasteiger charge is 2.26. The van der Waals surface area contributed by atoms with Gasteiger partial charge in [-0.1, -0.05) is 224 Å². The van der Waals surface area contributed by atoms with E-state index in [0.29, 0.717) is 12.8 Å². The van der Waals surface area contributed by atoms with Gasteiger partial charge in [-0.2, -0.15) is 0 Å². The van der Waals surface area contributed by atoms with E-state index >= 15 is 0 Å². The van der Waals surface area contributed by atoms with Crippen LogP contribution in [0.15, 0.2) is 36.5 Å². The first-order chi connectivity index (χ1) is 28.1. The molecule has 5 heteroatoms. The van der Waals surface area contributed by atoms with Crippen molar-refractivity contribution in [1.29, 1.82) is 0 Å². The van der Waals surface area contributed by atoms with E-state index in [0.717, 1.165) is 44.9 Å². The fourth-order valence-corrected chi connectivity index (χ4v) is 7.78. The minimum Gasteiger partial charge on any atom is -0.394 e. The summed E-state index contributed by atoms with van der Waals surface area (Å²) in [5.41, 5.74) is 0. The Morgan fingerprint density at radius 3 is 1.12 bits per heavy atom. The molecule has 0 spiro atoms. The normalized spacial score (nSPS) is 13.7. The molecule has 3 unspecified atom stereocenters. The van der Waals surface area contributed by atoms with Crippen LogP contribution in [0.5, 0.6) is 0 Å². The molecule has 0 saturated heterocycles. The summed E-state index contributed by atoms with van der Waals surface area (Å²) in [5.74, 6) is -0.155. The smallest absolute Gasteiger partial charge is 0.220 e. The van der Waals surface area contributed by atoms with E-state index in [4.69, 9.17) is 0 Å². The molecule has 0 aromatic heterocycles. The number of aliphatic hydroxyl groups is 3. The van der Waals surface area contributed by atoms with Gasteiger partial charge in [0.2, 0.25) is 5.91 Å². The van der Waals surface area contributed by atoms with Crippen molar-refractivity contribution in [2.24, 2.45) is 0 Å². The molecule has 0 aliphatic heterocycles. The van der Waals surface area contributed by atoms with E-state index in [1.807, 2.05) is 0 Å². The molecule has 336 valence electrons. The van der Waals surface area contributed by atoms with E-state index in [9.17, 15) is 20.1 Å². The second kappa shape index (κ2) is 47.3.